The first-order valence-corrected chi connectivity index (χ1v) is 8.14. The third kappa shape index (κ3) is 3.62. The lowest BCUT2D eigenvalue weighted by Gasteiger charge is -2.07. The summed E-state index contributed by atoms with van der Waals surface area (Å²) < 4.78 is 24.6. The first kappa shape index (κ1) is 15.5. The van der Waals surface area contributed by atoms with Crippen LogP contribution in [0.4, 0.5) is 0 Å². The maximum atomic E-state index is 12.3. The van der Waals surface area contributed by atoms with Crippen LogP contribution in [0, 0.1) is 6.92 Å². The predicted molar refractivity (Wildman–Crippen MR) is 80.5 cm³/mol. The largest absolute Gasteiger partial charge is 0.478 e. The summed E-state index contributed by atoms with van der Waals surface area (Å²) in [6.45, 7) is 1.92. The average molecular weight is 325 g/mol. The SMILES string of the molecule is Cc1ccc(CS(=O)(=O)c2ccc(C(=O)O)c(Cl)c2)cc1. The fourth-order valence-electron chi connectivity index (χ4n) is 1.85. The molecule has 0 aliphatic carbocycles. The molecule has 0 atom stereocenters. The number of hydrogen-bond donors (Lipinski definition) is 1. The molecule has 0 saturated carbocycles. The third-order valence-electron chi connectivity index (χ3n) is 3.01. The monoisotopic (exact) mass is 324 g/mol. The van der Waals surface area contributed by atoms with Crippen molar-refractivity contribution in [1.82, 2.24) is 0 Å². The molecular weight excluding hydrogens is 312 g/mol. The van der Waals surface area contributed by atoms with Gasteiger partial charge in [-0.2, -0.15) is 0 Å². The highest BCUT2D eigenvalue weighted by atomic mass is 35.5. The Labute approximate surface area is 127 Å². The van der Waals surface area contributed by atoms with Crippen LogP contribution < -0.4 is 0 Å². The molecule has 0 aliphatic rings. The van der Waals surface area contributed by atoms with Crippen LogP contribution in [-0.2, 0) is 15.6 Å². The molecular formula is C15H13ClO4S. The number of hydrogen-bond acceptors (Lipinski definition) is 3. The van der Waals surface area contributed by atoms with E-state index >= 15 is 0 Å². The molecule has 110 valence electrons. The Morgan fingerprint density at radius 3 is 2.29 bits per heavy atom. The average Bonchev–Trinajstić information content (AvgIpc) is 2.40. The first-order chi connectivity index (χ1) is 9.79. The fraction of sp³-hybridized carbons (Fsp3) is 0.133. The zero-order valence-corrected chi connectivity index (χ0v) is 12.8. The third-order valence-corrected chi connectivity index (χ3v) is 5.01. The normalized spacial score (nSPS) is 11.3. The topological polar surface area (TPSA) is 71.4 Å². The van der Waals surface area contributed by atoms with E-state index in [-0.39, 0.29) is 21.2 Å². The minimum atomic E-state index is -3.57. The van der Waals surface area contributed by atoms with Gasteiger partial charge < -0.3 is 5.11 Å². The summed E-state index contributed by atoms with van der Waals surface area (Å²) in [5.41, 5.74) is 1.59. The Morgan fingerprint density at radius 2 is 1.76 bits per heavy atom. The van der Waals surface area contributed by atoms with Gasteiger partial charge in [-0.05, 0) is 30.7 Å². The number of sulfone groups is 1. The van der Waals surface area contributed by atoms with Crippen LogP contribution in [0.15, 0.2) is 47.4 Å². The van der Waals surface area contributed by atoms with Gasteiger partial charge in [-0.15, -0.1) is 0 Å². The van der Waals surface area contributed by atoms with Crippen molar-refractivity contribution in [3.05, 3.63) is 64.2 Å². The molecule has 0 amide bonds. The molecule has 21 heavy (non-hydrogen) atoms. The van der Waals surface area contributed by atoms with Crippen LogP contribution in [0.3, 0.4) is 0 Å². The van der Waals surface area contributed by atoms with Crippen molar-refractivity contribution in [1.29, 1.82) is 0 Å². The van der Waals surface area contributed by atoms with Gasteiger partial charge in [0.05, 0.1) is 21.2 Å². The Bertz CT molecular complexity index is 780. The summed E-state index contributed by atoms with van der Waals surface area (Å²) in [6, 6.07) is 10.8. The summed E-state index contributed by atoms with van der Waals surface area (Å²) in [4.78, 5) is 10.9. The maximum absolute atomic E-state index is 12.3. The van der Waals surface area contributed by atoms with Gasteiger partial charge in [-0.25, -0.2) is 13.2 Å². The first-order valence-electron chi connectivity index (χ1n) is 6.11. The molecule has 0 bridgehead atoms. The number of halogens is 1. The van der Waals surface area contributed by atoms with E-state index in [1.807, 2.05) is 19.1 Å². The molecule has 0 heterocycles. The van der Waals surface area contributed by atoms with Crippen molar-refractivity contribution in [2.45, 2.75) is 17.6 Å². The number of carbonyl (C=O) groups is 1. The Balaban J connectivity index is 2.33. The van der Waals surface area contributed by atoms with Crippen molar-refractivity contribution in [2.75, 3.05) is 0 Å². The van der Waals surface area contributed by atoms with Gasteiger partial charge in [0.25, 0.3) is 0 Å². The Kier molecular flexibility index (Phi) is 4.34. The van der Waals surface area contributed by atoms with E-state index in [9.17, 15) is 13.2 Å². The lowest BCUT2D eigenvalue weighted by Crippen LogP contribution is -2.06. The summed E-state index contributed by atoms with van der Waals surface area (Å²) >= 11 is 5.81. The summed E-state index contributed by atoms with van der Waals surface area (Å²) in [6.07, 6.45) is 0. The molecule has 1 N–H and O–H groups in total. The summed E-state index contributed by atoms with van der Waals surface area (Å²) in [7, 11) is -3.57. The molecule has 2 aromatic carbocycles. The smallest absolute Gasteiger partial charge is 0.337 e. The summed E-state index contributed by atoms with van der Waals surface area (Å²) in [5, 5.41) is 8.80. The highest BCUT2D eigenvalue weighted by molar-refractivity contribution is 7.90. The molecule has 2 rings (SSSR count). The molecule has 0 aromatic heterocycles. The minimum Gasteiger partial charge on any atom is -0.478 e. The number of carboxylic acid groups (broad SMARTS) is 1. The number of aromatic carboxylic acids is 1. The second-order valence-corrected chi connectivity index (χ2v) is 7.09. The van der Waals surface area contributed by atoms with E-state index in [4.69, 9.17) is 16.7 Å². The van der Waals surface area contributed by atoms with Crippen molar-refractivity contribution in [3.63, 3.8) is 0 Å². The van der Waals surface area contributed by atoms with E-state index in [0.717, 1.165) is 5.56 Å². The van der Waals surface area contributed by atoms with Gasteiger partial charge in [0, 0.05) is 0 Å². The maximum Gasteiger partial charge on any atom is 0.337 e. The van der Waals surface area contributed by atoms with E-state index < -0.39 is 15.8 Å². The minimum absolute atomic E-state index is 0.0121. The zero-order chi connectivity index (χ0) is 15.6. The standard InChI is InChI=1S/C15H13ClO4S/c1-10-2-4-11(5-3-10)9-21(19,20)12-6-7-13(15(17)18)14(16)8-12/h2-8H,9H2,1H3,(H,17,18). The van der Waals surface area contributed by atoms with Crippen molar-refractivity contribution >= 4 is 27.4 Å². The number of benzene rings is 2. The van der Waals surface area contributed by atoms with Gasteiger partial charge in [-0.3, -0.25) is 0 Å². The van der Waals surface area contributed by atoms with E-state index in [0.29, 0.717) is 5.56 Å². The molecule has 2 aromatic rings. The Hall–Kier alpha value is -1.85. The lowest BCUT2D eigenvalue weighted by molar-refractivity contribution is 0.0697. The van der Waals surface area contributed by atoms with Gasteiger partial charge in [0.1, 0.15) is 0 Å². The second kappa shape index (κ2) is 5.87. The van der Waals surface area contributed by atoms with Crippen molar-refractivity contribution in [3.8, 4) is 0 Å². The number of carboxylic acids is 1. The van der Waals surface area contributed by atoms with Crippen LogP contribution >= 0.6 is 11.6 Å². The number of rotatable bonds is 4. The zero-order valence-electron chi connectivity index (χ0n) is 11.2. The van der Waals surface area contributed by atoms with Crippen LogP contribution in [0.5, 0.6) is 0 Å². The molecule has 0 unspecified atom stereocenters. The van der Waals surface area contributed by atoms with E-state index in [1.165, 1.54) is 18.2 Å². The van der Waals surface area contributed by atoms with Crippen LogP contribution in [-0.4, -0.2) is 19.5 Å². The molecule has 0 radical (unpaired) electrons. The van der Waals surface area contributed by atoms with Crippen LogP contribution in [0.2, 0.25) is 5.02 Å². The Morgan fingerprint density at radius 1 is 1.14 bits per heavy atom. The molecule has 0 fully saturated rings. The number of aryl methyl sites for hydroxylation is 1. The van der Waals surface area contributed by atoms with Crippen molar-refractivity contribution < 1.29 is 18.3 Å². The highest BCUT2D eigenvalue weighted by Gasteiger charge is 2.18. The van der Waals surface area contributed by atoms with Gasteiger partial charge in [0.15, 0.2) is 9.84 Å². The predicted octanol–water partition coefficient (Wildman–Crippen LogP) is 3.32. The molecule has 0 aliphatic heterocycles. The van der Waals surface area contributed by atoms with E-state index in [1.54, 1.807) is 12.1 Å². The highest BCUT2D eigenvalue weighted by Crippen LogP contribution is 2.23. The molecule has 0 spiro atoms. The molecule has 0 saturated heterocycles. The van der Waals surface area contributed by atoms with Gasteiger partial charge in [-0.1, -0.05) is 41.4 Å². The quantitative estimate of drug-likeness (QED) is 0.936. The lowest BCUT2D eigenvalue weighted by atomic mass is 10.2. The summed E-state index contributed by atoms with van der Waals surface area (Å²) in [5.74, 6) is -1.35. The molecule has 4 nitrogen and oxygen atoms in total. The van der Waals surface area contributed by atoms with Crippen molar-refractivity contribution in [2.24, 2.45) is 0 Å². The molecule has 6 heteroatoms. The van der Waals surface area contributed by atoms with Crippen LogP contribution in [0.1, 0.15) is 21.5 Å². The second-order valence-electron chi connectivity index (χ2n) is 4.69. The fourth-order valence-corrected chi connectivity index (χ4v) is 3.55. The van der Waals surface area contributed by atoms with Crippen LogP contribution in [0.25, 0.3) is 0 Å². The van der Waals surface area contributed by atoms with Gasteiger partial charge in [0.2, 0.25) is 0 Å². The van der Waals surface area contributed by atoms with E-state index in [2.05, 4.69) is 0 Å². The van der Waals surface area contributed by atoms with Gasteiger partial charge >= 0.3 is 5.97 Å².